The molecule has 1 aliphatic rings. The molecule has 0 aliphatic carbocycles. The van der Waals surface area contributed by atoms with Crippen molar-refractivity contribution in [3.8, 4) is 0 Å². The van der Waals surface area contributed by atoms with Crippen LogP contribution in [-0.2, 0) is 5.54 Å². The first-order valence-corrected chi connectivity index (χ1v) is 5.18. The van der Waals surface area contributed by atoms with Gasteiger partial charge in [-0.3, -0.25) is 0 Å². The number of hydrogen-bond donors (Lipinski definition) is 1. The van der Waals surface area contributed by atoms with Crippen LogP contribution in [0.1, 0.15) is 25.3 Å². The second-order valence-corrected chi connectivity index (χ2v) is 4.10. The molecule has 1 heterocycles. The number of rotatable bonds is 1. The minimum Gasteiger partial charge on any atom is -0.305 e. The van der Waals surface area contributed by atoms with E-state index in [1.807, 2.05) is 37.3 Å². The summed E-state index contributed by atoms with van der Waals surface area (Å²) in [4.78, 5) is 0. The van der Waals surface area contributed by atoms with Crippen LogP contribution in [0.25, 0.3) is 0 Å². The Morgan fingerprint density at radius 3 is 2.71 bits per heavy atom. The molecule has 1 aliphatic heterocycles. The molecule has 0 amide bonds. The largest absolute Gasteiger partial charge is 0.305 e. The van der Waals surface area contributed by atoms with Crippen molar-refractivity contribution >= 4 is 0 Å². The number of alkyl halides is 1. The molecule has 76 valence electrons. The molecule has 1 saturated heterocycles. The molecule has 1 N–H and O–H groups in total. The molecule has 1 fully saturated rings. The summed E-state index contributed by atoms with van der Waals surface area (Å²) in [5.74, 6) is 0. The fourth-order valence-electron chi connectivity index (χ4n) is 2.10. The van der Waals surface area contributed by atoms with Crippen LogP contribution in [-0.4, -0.2) is 12.7 Å². The molecule has 0 saturated carbocycles. The van der Waals surface area contributed by atoms with Crippen LogP contribution in [0.5, 0.6) is 0 Å². The number of benzene rings is 1. The number of nitrogens with one attached hydrogen (secondary N) is 1. The zero-order valence-electron chi connectivity index (χ0n) is 8.46. The third-order valence-corrected chi connectivity index (χ3v) is 3.13. The lowest BCUT2D eigenvalue weighted by Crippen LogP contribution is -2.51. The summed E-state index contributed by atoms with van der Waals surface area (Å²) in [6.45, 7) is 2.86. The second-order valence-electron chi connectivity index (χ2n) is 4.10. The van der Waals surface area contributed by atoms with Gasteiger partial charge in [0.1, 0.15) is 6.17 Å². The van der Waals surface area contributed by atoms with E-state index in [0.29, 0.717) is 6.42 Å². The van der Waals surface area contributed by atoms with Crippen LogP contribution >= 0.6 is 0 Å². The van der Waals surface area contributed by atoms with Gasteiger partial charge < -0.3 is 5.32 Å². The molecular weight excluding hydrogens is 177 g/mol. The molecule has 2 unspecified atom stereocenters. The first kappa shape index (κ1) is 9.66. The fraction of sp³-hybridized carbons (Fsp3) is 0.500. The Bertz CT molecular complexity index is 298. The summed E-state index contributed by atoms with van der Waals surface area (Å²) >= 11 is 0. The molecule has 0 spiro atoms. The van der Waals surface area contributed by atoms with Crippen LogP contribution in [0.2, 0.25) is 0 Å². The van der Waals surface area contributed by atoms with Crippen molar-refractivity contribution in [1.82, 2.24) is 5.32 Å². The molecule has 1 aromatic rings. The van der Waals surface area contributed by atoms with E-state index >= 15 is 0 Å². The summed E-state index contributed by atoms with van der Waals surface area (Å²) in [7, 11) is 0. The van der Waals surface area contributed by atoms with E-state index in [1.165, 1.54) is 0 Å². The predicted molar refractivity (Wildman–Crippen MR) is 55.9 cm³/mol. The van der Waals surface area contributed by atoms with Gasteiger partial charge in [-0.2, -0.15) is 0 Å². The quantitative estimate of drug-likeness (QED) is 0.723. The van der Waals surface area contributed by atoms with Crippen molar-refractivity contribution in [2.75, 3.05) is 6.54 Å². The average Bonchev–Trinajstić information content (AvgIpc) is 2.24. The fourth-order valence-corrected chi connectivity index (χ4v) is 2.10. The van der Waals surface area contributed by atoms with E-state index in [4.69, 9.17) is 0 Å². The molecule has 2 rings (SSSR count). The lowest BCUT2D eigenvalue weighted by molar-refractivity contribution is 0.121. The predicted octanol–water partition coefficient (Wildman–Crippen LogP) is 2.62. The summed E-state index contributed by atoms with van der Waals surface area (Å²) in [6.07, 6.45) is 0.820. The van der Waals surface area contributed by atoms with Crippen LogP contribution in [0.3, 0.4) is 0 Å². The third-order valence-electron chi connectivity index (χ3n) is 3.13. The second kappa shape index (κ2) is 3.70. The van der Waals surface area contributed by atoms with Gasteiger partial charge in [0.15, 0.2) is 0 Å². The molecule has 2 heteroatoms. The highest BCUT2D eigenvalue weighted by Gasteiger charge is 2.37. The summed E-state index contributed by atoms with van der Waals surface area (Å²) in [5.41, 5.74) is 0.562. The number of piperidine rings is 1. The summed E-state index contributed by atoms with van der Waals surface area (Å²) in [6, 6.07) is 9.87. The lowest BCUT2D eigenvalue weighted by atomic mass is 9.82. The molecule has 0 bridgehead atoms. The minimum atomic E-state index is -0.779. The van der Waals surface area contributed by atoms with Gasteiger partial charge in [0.2, 0.25) is 0 Å². The van der Waals surface area contributed by atoms with Crippen molar-refractivity contribution in [3.63, 3.8) is 0 Å². The Hall–Kier alpha value is -0.890. The van der Waals surface area contributed by atoms with E-state index in [9.17, 15) is 4.39 Å². The Balaban J connectivity index is 2.30. The van der Waals surface area contributed by atoms with E-state index < -0.39 is 11.7 Å². The molecule has 0 radical (unpaired) electrons. The number of hydrogen-bond acceptors (Lipinski definition) is 1. The molecule has 2 atom stereocenters. The van der Waals surface area contributed by atoms with Crippen LogP contribution in [0.15, 0.2) is 30.3 Å². The molecule has 1 nitrogen and oxygen atoms in total. The smallest absolute Gasteiger partial charge is 0.122 e. The van der Waals surface area contributed by atoms with Gasteiger partial charge in [0, 0.05) is 0 Å². The van der Waals surface area contributed by atoms with Gasteiger partial charge >= 0.3 is 0 Å². The van der Waals surface area contributed by atoms with E-state index in [1.54, 1.807) is 0 Å². The maximum absolute atomic E-state index is 13.9. The van der Waals surface area contributed by atoms with Gasteiger partial charge in [0.25, 0.3) is 0 Å². The van der Waals surface area contributed by atoms with Crippen LogP contribution < -0.4 is 5.32 Å². The van der Waals surface area contributed by atoms with Crippen molar-refractivity contribution in [2.45, 2.75) is 31.5 Å². The maximum Gasteiger partial charge on any atom is 0.122 e. The Kier molecular flexibility index (Phi) is 2.55. The Morgan fingerprint density at radius 2 is 2.07 bits per heavy atom. The molecule has 14 heavy (non-hydrogen) atoms. The van der Waals surface area contributed by atoms with E-state index in [-0.39, 0.29) is 0 Å². The van der Waals surface area contributed by atoms with Gasteiger partial charge in [-0.05, 0) is 31.9 Å². The third kappa shape index (κ3) is 1.55. The van der Waals surface area contributed by atoms with Crippen molar-refractivity contribution in [1.29, 1.82) is 0 Å². The van der Waals surface area contributed by atoms with Crippen LogP contribution in [0.4, 0.5) is 4.39 Å². The highest BCUT2D eigenvalue weighted by Crippen LogP contribution is 2.32. The summed E-state index contributed by atoms with van der Waals surface area (Å²) < 4.78 is 13.9. The molecule has 1 aromatic carbocycles. The first-order valence-electron chi connectivity index (χ1n) is 5.18. The monoisotopic (exact) mass is 193 g/mol. The highest BCUT2D eigenvalue weighted by molar-refractivity contribution is 5.25. The topological polar surface area (TPSA) is 12.0 Å². The van der Waals surface area contributed by atoms with E-state index in [2.05, 4.69) is 5.32 Å². The zero-order chi connectivity index (χ0) is 10.0. The highest BCUT2D eigenvalue weighted by atomic mass is 19.1. The molecule has 0 aromatic heterocycles. The first-order chi connectivity index (χ1) is 6.73. The van der Waals surface area contributed by atoms with Gasteiger partial charge in [-0.25, -0.2) is 4.39 Å². The van der Waals surface area contributed by atoms with Crippen molar-refractivity contribution in [3.05, 3.63) is 35.9 Å². The van der Waals surface area contributed by atoms with E-state index in [0.717, 1.165) is 18.5 Å². The Labute approximate surface area is 84.3 Å². The van der Waals surface area contributed by atoms with Gasteiger partial charge in [0.05, 0.1) is 5.54 Å². The lowest BCUT2D eigenvalue weighted by Gasteiger charge is -2.38. The van der Waals surface area contributed by atoms with Crippen molar-refractivity contribution in [2.24, 2.45) is 0 Å². The standard InChI is InChI=1S/C12H16FN/c1-12(10-6-3-2-4-7-10)11(13)8-5-9-14-12/h2-4,6-7,11,14H,5,8-9H2,1H3. The van der Waals surface area contributed by atoms with Crippen LogP contribution in [0, 0.1) is 0 Å². The maximum atomic E-state index is 13.9. The molecular formula is C12H16FN. The summed E-state index contributed by atoms with van der Waals surface area (Å²) in [5, 5.41) is 3.29. The number of halogens is 1. The average molecular weight is 193 g/mol. The zero-order valence-corrected chi connectivity index (χ0v) is 8.46. The normalized spacial score (nSPS) is 32.9. The minimum absolute atomic E-state index is 0.487. The SMILES string of the molecule is CC1(c2ccccc2)NCCCC1F. The Morgan fingerprint density at radius 1 is 1.36 bits per heavy atom. The van der Waals surface area contributed by atoms with Crippen molar-refractivity contribution < 1.29 is 4.39 Å². The van der Waals surface area contributed by atoms with Gasteiger partial charge in [-0.15, -0.1) is 0 Å². The van der Waals surface area contributed by atoms with Gasteiger partial charge in [-0.1, -0.05) is 30.3 Å².